The van der Waals surface area contributed by atoms with Crippen LogP contribution in [0, 0.1) is 13.8 Å². The van der Waals surface area contributed by atoms with Crippen LogP contribution in [-0.2, 0) is 13.0 Å². The lowest BCUT2D eigenvalue weighted by molar-refractivity contribution is 0.302. The number of hydrogen-bond donors (Lipinski definition) is 1. The number of hydrogen-bond acceptors (Lipinski definition) is 4. The third kappa shape index (κ3) is 2.30. The fourth-order valence-corrected chi connectivity index (χ4v) is 2.46. The number of para-hydroxylation sites is 1. The predicted octanol–water partition coefficient (Wildman–Crippen LogP) is 3.23. The molecule has 1 aromatic carbocycles. The van der Waals surface area contributed by atoms with Crippen molar-refractivity contribution in [2.45, 2.75) is 33.3 Å². The molecule has 1 aliphatic heterocycles. The lowest BCUT2D eigenvalue weighted by Crippen LogP contribution is -2.13. The van der Waals surface area contributed by atoms with Crippen LogP contribution in [0.25, 0.3) is 0 Å². The predicted molar refractivity (Wildman–Crippen MR) is 73.6 cm³/mol. The normalized spacial score (nSPS) is 13.8. The molecule has 2 heterocycles. The van der Waals surface area contributed by atoms with Crippen LogP contribution >= 0.6 is 0 Å². The van der Waals surface area contributed by atoms with E-state index >= 15 is 0 Å². The number of benzene rings is 1. The van der Waals surface area contributed by atoms with Crippen LogP contribution in [0.5, 0.6) is 5.75 Å². The van der Waals surface area contributed by atoms with Gasteiger partial charge in [-0.05, 0) is 38.3 Å². The number of rotatable bonds is 3. The second kappa shape index (κ2) is 4.96. The van der Waals surface area contributed by atoms with E-state index in [-0.39, 0.29) is 0 Å². The number of aromatic nitrogens is 1. The van der Waals surface area contributed by atoms with Crippen LogP contribution in [-0.4, -0.2) is 11.7 Å². The topological polar surface area (TPSA) is 47.3 Å². The van der Waals surface area contributed by atoms with Gasteiger partial charge in [0.15, 0.2) is 0 Å². The first-order chi connectivity index (χ1) is 9.25. The smallest absolute Gasteiger partial charge is 0.143 e. The van der Waals surface area contributed by atoms with E-state index in [1.807, 2.05) is 19.9 Å². The molecule has 1 N–H and O–H groups in total. The van der Waals surface area contributed by atoms with Gasteiger partial charge < -0.3 is 14.6 Å². The highest BCUT2D eigenvalue weighted by molar-refractivity contribution is 5.63. The first kappa shape index (κ1) is 12.1. The van der Waals surface area contributed by atoms with Gasteiger partial charge >= 0.3 is 0 Å². The van der Waals surface area contributed by atoms with E-state index < -0.39 is 0 Å². The third-order valence-electron chi connectivity index (χ3n) is 3.59. The Kier molecular flexibility index (Phi) is 3.15. The maximum absolute atomic E-state index is 5.95. The number of ether oxygens (including phenoxy) is 1. The Labute approximate surface area is 112 Å². The summed E-state index contributed by atoms with van der Waals surface area (Å²) >= 11 is 0. The van der Waals surface area contributed by atoms with Crippen LogP contribution in [0.4, 0.5) is 5.69 Å². The molecule has 0 aliphatic carbocycles. The Morgan fingerprint density at radius 1 is 1.37 bits per heavy atom. The molecule has 2 aromatic rings. The second-order valence-electron chi connectivity index (χ2n) is 4.91. The fourth-order valence-electron chi connectivity index (χ4n) is 2.46. The van der Waals surface area contributed by atoms with Gasteiger partial charge in [0, 0.05) is 6.54 Å². The summed E-state index contributed by atoms with van der Waals surface area (Å²) in [4.78, 5) is 0. The Morgan fingerprint density at radius 2 is 2.26 bits per heavy atom. The Hall–Kier alpha value is -1.97. The van der Waals surface area contributed by atoms with Crippen molar-refractivity contribution in [2.75, 3.05) is 11.9 Å². The van der Waals surface area contributed by atoms with Crippen molar-refractivity contribution in [3.63, 3.8) is 0 Å². The zero-order chi connectivity index (χ0) is 13.2. The molecule has 4 nitrogen and oxygen atoms in total. The molecular weight excluding hydrogens is 240 g/mol. The zero-order valence-electron chi connectivity index (χ0n) is 11.3. The highest BCUT2D eigenvalue weighted by atomic mass is 16.5. The third-order valence-corrected chi connectivity index (χ3v) is 3.59. The van der Waals surface area contributed by atoms with Crippen LogP contribution in [0.15, 0.2) is 22.7 Å². The molecule has 0 bridgehead atoms. The molecule has 0 atom stereocenters. The minimum absolute atomic E-state index is 0.499. The first-order valence-electron chi connectivity index (χ1n) is 6.66. The van der Waals surface area contributed by atoms with Crippen LogP contribution < -0.4 is 10.1 Å². The largest absolute Gasteiger partial charge is 0.487 e. The zero-order valence-corrected chi connectivity index (χ0v) is 11.3. The molecule has 0 radical (unpaired) electrons. The lowest BCUT2D eigenvalue weighted by Gasteiger charge is -2.21. The van der Waals surface area contributed by atoms with Crippen molar-refractivity contribution >= 4 is 5.69 Å². The van der Waals surface area contributed by atoms with Gasteiger partial charge in [-0.25, -0.2) is 0 Å². The van der Waals surface area contributed by atoms with Crippen molar-refractivity contribution < 1.29 is 9.26 Å². The van der Waals surface area contributed by atoms with Crippen molar-refractivity contribution in [3.8, 4) is 5.75 Å². The number of anilines is 1. The van der Waals surface area contributed by atoms with Crippen molar-refractivity contribution in [3.05, 3.63) is 40.8 Å². The van der Waals surface area contributed by atoms with E-state index in [1.54, 1.807) is 0 Å². The van der Waals surface area contributed by atoms with Crippen LogP contribution in [0.2, 0.25) is 0 Å². The molecule has 0 spiro atoms. The van der Waals surface area contributed by atoms with E-state index in [4.69, 9.17) is 9.26 Å². The molecule has 0 amide bonds. The van der Waals surface area contributed by atoms with Gasteiger partial charge in [0.25, 0.3) is 0 Å². The molecule has 100 valence electrons. The molecule has 1 aliphatic rings. The van der Waals surface area contributed by atoms with Gasteiger partial charge in [-0.1, -0.05) is 17.3 Å². The monoisotopic (exact) mass is 258 g/mol. The minimum Gasteiger partial charge on any atom is -0.487 e. The number of nitrogens with one attached hydrogen (secondary N) is 1. The molecule has 0 saturated carbocycles. The number of aryl methyl sites for hydroxylation is 3. The summed E-state index contributed by atoms with van der Waals surface area (Å²) in [6.45, 7) is 5.36. The van der Waals surface area contributed by atoms with Gasteiger partial charge in [0.05, 0.1) is 16.9 Å². The molecule has 0 fully saturated rings. The highest BCUT2D eigenvalue weighted by Crippen LogP contribution is 2.32. The number of fused-ring (bicyclic) bond motifs is 1. The van der Waals surface area contributed by atoms with E-state index in [1.165, 1.54) is 12.0 Å². The standard InChI is InChI=1S/C15H18N2O2/c1-10-13(11(2)19-17-10)9-18-14-7-3-5-12-6-4-8-16-15(12)14/h3,5,7,16H,4,6,8-9H2,1-2H3. The summed E-state index contributed by atoms with van der Waals surface area (Å²) in [7, 11) is 0. The lowest BCUT2D eigenvalue weighted by atomic mass is 10.0. The van der Waals surface area contributed by atoms with E-state index in [0.29, 0.717) is 6.61 Å². The number of nitrogens with zero attached hydrogens (tertiary/aromatic N) is 1. The SMILES string of the molecule is Cc1noc(C)c1COc1cccc2c1NCCC2. The highest BCUT2D eigenvalue weighted by Gasteiger charge is 2.15. The summed E-state index contributed by atoms with van der Waals surface area (Å²) in [5.74, 6) is 1.74. The average Bonchev–Trinajstić information content (AvgIpc) is 2.76. The minimum atomic E-state index is 0.499. The Morgan fingerprint density at radius 3 is 3.05 bits per heavy atom. The molecule has 0 unspecified atom stereocenters. The van der Waals surface area contributed by atoms with Gasteiger partial charge in [0.2, 0.25) is 0 Å². The first-order valence-corrected chi connectivity index (χ1v) is 6.66. The molecule has 4 heteroatoms. The van der Waals surface area contributed by atoms with E-state index in [2.05, 4.69) is 22.6 Å². The second-order valence-corrected chi connectivity index (χ2v) is 4.91. The molecular formula is C15H18N2O2. The van der Waals surface area contributed by atoms with Gasteiger partial charge in [-0.15, -0.1) is 0 Å². The van der Waals surface area contributed by atoms with Crippen molar-refractivity contribution in [1.82, 2.24) is 5.16 Å². The quantitative estimate of drug-likeness (QED) is 0.918. The Balaban J connectivity index is 1.81. The maximum Gasteiger partial charge on any atom is 0.143 e. The van der Waals surface area contributed by atoms with Crippen molar-refractivity contribution in [2.24, 2.45) is 0 Å². The Bertz CT molecular complexity index is 570. The molecule has 1 aromatic heterocycles. The van der Waals surface area contributed by atoms with Crippen molar-refractivity contribution in [1.29, 1.82) is 0 Å². The average molecular weight is 258 g/mol. The maximum atomic E-state index is 5.95. The molecule has 0 saturated heterocycles. The van der Waals surface area contributed by atoms with Gasteiger partial charge in [-0.3, -0.25) is 0 Å². The summed E-state index contributed by atoms with van der Waals surface area (Å²) in [6, 6.07) is 6.22. The van der Waals surface area contributed by atoms with Crippen LogP contribution in [0.3, 0.4) is 0 Å². The summed E-state index contributed by atoms with van der Waals surface area (Å²) < 4.78 is 11.1. The van der Waals surface area contributed by atoms with Crippen LogP contribution in [0.1, 0.15) is 29.0 Å². The summed E-state index contributed by atoms with van der Waals surface area (Å²) in [6.07, 6.45) is 2.30. The summed E-state index contributed by atoms with van der Waals surface area (Å²) in [5.41, 5.74) is 4.41. The van der Waals surface area contributed by atoms with Gasteiger partial charge in [-0.2, -0.15) is 0 Å². The summed E-state index contributed by atoms with van der Waals surface area (Å²) in [5, 5.41) is 7.37. The van der Waals surface area contributed by atoms with E-state index in [0.717, 1.165) is 41.4 Å². The van der Waals surface area contributed by atoms with Gasteiger partial charge in [0.1, 0.15) is 18.1 Å². The van der Waals surface area contributed by atoms with E-state index in [9.17, 15) is 0 Å². The molecule has 3 rings (SSSR count). The molecule has 19 heavy (non-hydrogen) atoms. The fraction of sp³-hybridized carbons (Fsp3) is 0.400.